The molecule has 90 valence electrons. The van der Waals surface area contributed by atoms with Crippen LogP contribution in [0.3, 0.4) is 0 Å². The van der Waals surface area contributed by atoms with Crippen LogP contribution in [-0.2, 0) is 9.53 Å². The number of hydrogen-bond acceptors (Lipinski definition) is 3. The van der Waals surface area contributed by atoms with Crippen molar-refractivity contribution >= 4 is 33.3 Å². The van der Waals surface area contributed by atoms with Gasteiger partial charge in [0.2, 0.25) is 0 Å². The van der Waals surface area contributed by atoms with Crippen LogP contribution in [0.5, 0.6) is 0 Å². The first-order valence-electron chi connectivity index (χ1n) is 5.30. The van der Waals surface area contributed by atoms with Crippen molar-refractivity contribution in [1.82, 2.24) is 0 Å². The molecule has 0 unspecified atom stereocenters. The van der Waals surface area contributed by atoms with E-state index >= 15 is 0 Å². The molecule has 0 atom stereocenters. The Morgan fingerprint density at radius 1 is 1.35 bits per heavy atom. The van der Waals surface area contributed by atoms with E-state index in [2.05, 4.69) is 15.9 Å². The third-order valence-corrected chi connectivity index (χ3v) is 3.16. The minimum absolute atomic E-state index is 0.432. The van der Waals surface area contributed by atoms with Crippen molar-refractivity contribution < 1.29 is 14.3 Å². The number of benzene rings is 1. The molecule has 0 aliphatic carbocycles. The highest BCUT2D eigenvalue weighted by atomic mass is 79.9. The standard InChI is InChI=1S/C12H12BrNO3/c1-17-6-2-5-14-10-4-3-8(13)7-9(10)11(15)12(14)16/h3-4,7H,2,5-6H2,1H3. The Kier molecular flexibility index (Phi) is 3.59. The van der Waals surface area contributed by atoms with E-state index in [0.717, 1.165) is 4.47 Å². The predicted octanol–water partition coefficient (Wildman–Crippen LogP) is 2.01. The van der Waals surface area contributed by atoms with E-state index in [1.165, 1.54) is 4.90 Å². The van der Waals surface area contributed by atoms with Crippen LogP contribution in [0.25, 0.3) is 0 Å². The third-order valence-electron chi connectivity index (χ3n) is 2.66. The van der Waals surface area contributed by atoms with Crippen LogP contribution in [0, 0.1) is 0 Å². The molecule has 0 radical (unpaired) electrons. The zero-order chi connectivity index (χ0) is 12.4. The van der Waals surface area contributed by atoms with Crippen molar-refractivity contribution in [3.8, 4) is 0 Å². The Morgan fingerprint density at radius 3 is 2.82 bits per heavy atom. The molecule has 1 amide bonds. The number of rotatable bonds is 4. The highest BCUT2D eigenvalue weighted by molar-refractivity contribution is 9.10. The van der Waals surface area contributed by atoms with Crippen LogP contribution in [0.15, 0.2) is 22.7 Å². The maximum atomic E-state index is 11.8. The van der Waals surface area contributed by atoms with Gasteiger partial charge in [-0.3, -0.25) is 9.59 Å². The molecule has 0 saturated carbocycles. The fraction of sp³-hybridized carbons (Fsp3) is 0.333. The van der Waals surface area contributed by atoms with Gasteiger partial charge in [-0.1, -0.05) is 15.9 Å². The molecule has 5 heteroatoms. The van der Waals surface area contributed by atoms with E-state index in [-0.39, 0.29) is 0 Å². The molecule has 0 aromatic heterocycles. The molecule has 1 aliphatic heterocycles. The molecular formula is C12H12BrNO3. The van der Waals surface area contributed by atoms with E-state index in [0.29, 0.717) is 30.8 Å². The summed E-state index contributed by atoms with van der Waals surface area (Å²) in [6.07, 6.45) is 0.713. The topological polar surface area (TPSA) is 46.6 Å². The summed E-state index contributed by atoms with van der Waals surface area (Å²) >= 11 is 3.29. The number of halogens is 1. The lowest BCUT2D eigenvalue weighted by atomic mass is 10.1. The van der Waals surface area contributed by atoms with Gasteiger partial charge in [-0.15, -0.1) is 0 Å². The molecule has 2 rings (SSSR count). The smallest absolute Gasteiger partial charge is 0.299 e. The van der Waals surface area contributed by atoms with E-state index < -0.39 is 11.7 Å². The Morgan fingerprint density at radius 2 is 2.12 bits per heavy atom. The van der Waals surface area contributed by atoms with Crippen LogP contribution in [0.2, 0.25) is 0 Å². The number of ether oxygens (including phenoxy) is 1. The number of carbonyl (C=O) groups excluding carboxylic acids is 2. The molecule has 1 heterocycles. The van der Waals surface area contributed by atoms with Gasteiger partial charge in [-0.05, 0) is 24.6 Å². The number of methoxy groups -OCH3 is 1. The number of hydrogen-bond donors (Lipinski definition) is 0. The number of anilines is 1. The van der Waals surface area contributed by atoms with Gasteiger partial charge >= 0.3 is 0 Å². The highest BCUT2D eigenvalue weighted by Crippen LogP contribution is 2.31. The van der Waals surface area contributed by atoms with Crippen LogP contribution in [-0.4, -0.2) is 32.0 Å². The first kappa shape index (κ1) is 12.3. The number of Topliss-reactive ketones (excluding diaryl/α,β-unsaturated/α-hetero) is 1. The number of nitrogens with zero attached hydrogens (tertiary/aromatic N) is 1. The summed E-state index contributed by atoms with van der Waals surface area (Å²) in [5.41, 5.74) is 1.17. The summed E-state index contributed by atoms with van der Waals surface area (Å²) < 4.78 is 5.74. The maximum Gasteiger partial charge on any atom is 0.299 e. The van der Waals surface area contributed by atoms with Gasteiger partial charge in [0.25, 0.3) is 11.7 Å². The van der Waals surface area contributed by atoms with Crippen molar-refractivity contribution in [2.45, 2.75) is 6.42 Å². The first-order valence-corrected chi connectivity index (χ1v) is 6.09. The minimum atomic E-state index is -0.450. The van der Waals surface area contributed by atoms with Crippen molar-refractivity contribution in [2.24, 2.45) is 0 Å². The Bertz CT molecular complexity index is 473. The average molecular weight is 298 g/mol. The zero-order valence-corrected chi connectivity index (χ0v) is 11.0. The molecular weight excluding hydrogens is 286 g/mol. The lowest BCUT2D eigenvalue weighted by Gasteiger charge is -2.15. The highest BCUT2D eigenvalue weighted by Gasteiger charge is 2.35. The molecule has 17 heavy (non-hydrogen) atoms. The van der Waals surface area contributed by atoms with Gasteiger partial charge in [-0.25, -0.2) is 0 Å². The van der Waals surface area contributed by atoms with Crippen LogP contribution >= 0.6 is 15.9 Å². The quantitative estimate of drug-likeness (QED) is 0.631. The van der Waals surface area contributed by atoms with Gasteiger partial charge < -0.3 is 9.64 Å². The first-order chi connectivity index (χ1) is 8.15. The third kappa shape index (κ3) is 2.25. The number of fused-ring (bicyclic) bond motifs is 1. The van der Waals surface area contributed by atoms with Gasteiger partial charge in [0.15, 0.2) is 0 Å². The SMILES string of the molecule is COCCCN1C(=O)C(=O)c2cc(Br)ccc21. The fourth-order valence-corrected chi connectivity index (χ4v) is 2.22. The summed E-state index contributed by atoms with van der Waals surface area (Å²) in [5, 5.41) is 0. The summed E-state index contributed by atoms with van der Waals surface area (Å²) in [6.45, 7) is 1.08. The van der Waals surface area contributed by atoms with Crippen molar-refractivity contribution in [3.05, 3.63) is 28.2 Å². The van der Waals surface area contributed by atoms with E-state index in [4.69, 9.17) is 4.74 Å². The fourth-order valence-electron chi connectivity index (χ4n) is 1.86. The minimum Gasteiger partial charge on any atom is -0.385 e. The van der Waals surface area contributed by atoms with E-state index in [1.807, 2.05) is 6.07 Å². The van der Waals surface area contributed by atoms with E-state index in [9.17, 15) is 9.59 Å². The number of amides is 1. The summed E-state index contributed by atoms with van der Waals surface area (Å²) in [6, 6.07) is 5.30. The normalized spacial score (nSPS) is 14.4. The molecule has 0 saturated heterocycles. The molecule has 0 bridgehead atoms. The summed E-state index contributed by atoms with van der Waals surface area (Å²) in [4.78, 5) is 25.1. The molecule has 1 aromatic carbocycles. The van der Waals surface area contributed by atoms with E-state index in [1.54, 1.807) is 19.2 Å². The lowest BCUT2D eigenvalue weighted by molar-refractivity contribution is -0.114. The monoisotopic (exact) mass is 297 g/mol. The molecule has 4 nitrogen and oxygen atoms in total. The van der Waals surface area contributed by atoms with Crippen molar-refractivity contribution in [3.63, 3.8) is 0 Å². The second kappa shape index (κ2) is 4.98. The maximum absolute atomic E-state index is 11.8. The van der Waals surface area contributed by atoms with Crippen molar-refractivity contribution in [1.29, 1.82) is 0 Å². The molecule has 0 spiro atoms. The Balaban J connectivity index is 2.25. The number of ketones is 1. The Labute approximate surface area is 108 Å². The molecule has 0 fully saturated rings. The van der Waals surface area contributed by atoms with Gasteiger partial charge in [-0.2, -0.15) is 0 Å². The van der Waals surface area contributed by atoms with Crippen LogP contribution < -0.4 is 4.90 Å². The average Bonchev–Trinajstić information content (AvgIpc) is 2.54. The molecule has 1 aliphatic rings. The summed E-state index contributed by atoms with van der Waals surface area (Å²) in [7, 11) is 1.61. The summed E-state index contributed by atoms with van der Waals surface area (Å²) in [5.74, 6) is -0.882. The molecule has 0 N–H and O–H groups in total. The number of carbonyl (C=O) groups is 2. The van der Waals surface area contributed by atoms with Gasteiger partial charge in [0, 0.05) is 24.7 Å². The van der Waals surface area contributed by atoms with Gasteiger partial charge in [0.05, 0.1) is 11.3 Å². The van der Waals surface area contributed by atoms with Crippen LogP contribution in [0.4, 0.5) is 5.69 Å². The van der Waals surface area contributed by atoms with Gasteiger partial charge in [0.1, 0.15) is 0 Å². The molecule has 1 aromatic rings. The zero-order valence-electron chi connectivity index (χ0n) is 9.40. The lowest BCUT2D eigenvalue weighted by Crippen LogP contribution is -2.31. The second-order valence-electron chi connectivity index (χ2n) is 3.79. The second-order valence-corrected chi connectivity index (χ2v) is 4.71. The largest absolute Gasteiger partial charge is 0.385 e. The predicted molar refractivity (Wildman–Crippen MR) is 67.3 cm³/mol. The van der Waals surface area contributed by atoms with Crippen LogP contribution in [0.1, 0.15) is 16.8 Å². The van der Waals surface area contributed by atoms with Crippen molar-refractivity contribution in [2.75, 3.05) is 25.2 Å². The Hall–Kier alpha value is -1.20.